The number of hydrogen-bond donors (Lipinski definition) is 4. The summed E-state index contributed by atoms with van der Waals surface area (Å²) in [4.78, 5) is 8.20. The third kappa shape index (κ3) is 5.53. The van der Waals surface area contributed by atoms with Gasteiger partial charge in [-0.05, 0) is 51.8 Å². The highest BCUT2D eigenvalue weighted by molar-refractivity contribution is 5.99. The summed E-state index contributed by atoms with van der Waals surface area (Å²) in [6, 6.07) is 6.98. The Kier molecular flexibility index (Phi) is 7.76. The molecule has 1 fully saturated rings. The lowest BCUT2D eigenvalue weighted by atomic mass is 9.92. The van der Waals surface area contributed by atoms with Gasteiger partial charge in [-0.15, -0.1) is 12.0 Å². The van der Waals surface area contributed by atoms with Crippen LogP contribution in [0.15, 0.2) is 42.4 Å². The summed E-state index contributed by atoms with van der Waals surface area (Å²) < 4.78 is 82.5. The highest BCUT2D eigenvalue weighted by Gasteiger charge is 2.56. The lowest BCUT2D eigenvalue weighted by Gasteiger charge is -2.29. The average molecular weight is 615 g/mol. The van der Waals surface area contributed by atoms with Gasteiger partial charge in [-0.25, -0.2) is 13.8 Å². The zero-order chi connectivity index (χ0) is 32.0. The minimum atomic E-state index is -4.51. The molecule has 1 atom stereocenters. The van der Waals surface area contributed by atoms with Gasteiger partial charge < -0.3 is 16.1 Å². The van der Waals surface area contributed by atoms with Crippen LogP contribution in [-0.4, -0.2) is 39.7 Å². The number of nitriles is 1. The number of rotatable bonds is 9. The van der Waals surface area contributed by atoms with Gasteiger partial charge in [0, 0.05) is 41.3 Å². The van der Waals surface area contributed by atoms with E-state index >= 15 is 0 Å². The van der Waals surface area contributed by atoms with E-state index in [-0.39, 0.29) is 40.6 Å². The molecule has 0 spiro atoms. The number of terminal acetylenes is 1. The lowest BCUT2D eigenvalue weighted by molar-refractivity contribution is -0.206. The fraction of sp³-hybridized carbons (Fsp3) is 0.367. The van der Waals surface area contributed by atoms with Crippen LogP contribution in [0.25, 0.3) is 10.9 Å². The number of fused-ring (bicyclic) bond motifs is 1. The molecule has 44 heavy (non-hydrogen) atoms. The molecule has 230 valence electrons. The molecule has 3 heterocycles. The molecule has 1 aromatic carbocycles. The number of halogens is 6. The Bertz CT molecular complexity index is 1720. The minimum absolute atomic E-state index is 0.0992. The van der Waals surface area contributed by atoms with Gasteiger partial charge in [0.1, 0.15) is 11.6 Å². The molecular weight excluding hydrogens is 586 g/mol. The molecule has 3 aromatic rings. The highest BCUT2D eigenvalue weighted by Crippen LogP contribution is 2.47. The molecule has 4 N–H and O–H groups in total. The monoisotopic (exact) mass is 614 g/mol. The normalized spacial score (nSPS) is 16.6. The van der Waals surface area contributed by atoms with E-state index in [1.54, 1.807) is 13.0 Å². The van der Waals surface area contributed by atoms with Crippen LogP contribution in [0.4, 0.5) is 37.7 Å². The largest absolute Gasteiger partial charge is 0.395 e. The molecule has 0 radical (unpaired) electrons. The molecule has 1 aliphatic heterocycles. The number of nitrogens with one attached hydrogen (secondary N) is 4. The average Bonchev–Trinajstić information content (AvgIpc) is 3.64. The van der Waals surface area contributed by atoms with Crippen molar-refractivity contribution in [1.82, 2.24) is 25.9 Å². The summed E-state index contributed by atoms with van der Waals surface area (Å²) >= 11 is 0. The minimum Gasteiger partial charge on any atom is -0.383 e. The summed E-state index contributed by atoms with van der Waals surface area (Å²) in [5.74, 6) is 1.72. The Morgan fingerprint density at radius 2 is 1.91 bits per heavy atom. The van der Waals surface area contributed by atoms with Crippen molar-refractivity contribution >= 4 is 22.3 Å². The first-order valence-corrected chi connectivity index (χ1v) is 13.6. The lowest BCUT2D eigenvalue weighted by Crippen LogP contribution is -2.48. The Hall–Kier alpha value is -4.69. The van der Waals surface area contributed by atoms with Gasteiger partial charge in [-0.1, -0.05) is 12.0 Å². The molecular formula is C30H28F6N8. The maximum atomic E-state index is 13.9. The molecule has 14 heteroatoms. The first kappa shape index (κ1) is 30.8. The standard InChI is InChI=1S/C30H28F6N8/c1-5-17-13-38-25-18(12-37)10-19(11-21(25)24(17)39-15-28(3,4)30(34,35)36)41-26(20-6-7-23(31)40-16(20)2)22-14-44(43-42-22)29(8-9-29)27(32)33/h1,6-7,10-11,13-14,26-27,41-43H,8-9,15H2,2-4H3,(H,38,39)/t26-/m0/s1. The molecule has 1 saturated carbocycles. The van der Waals surface area contributed by atoms with Crippen LogP contribution in [0.3, 0.4) is 0 Å². The first-order chi connectivity index (χ1) is 20.7. The zero-order valence-electron chi connectivity index (χ0n) is 23.9. The second-order valence-electron chi connectivity index (χ2n) is 11.4. The number of alkyl halides is 5. The van der Waals surface area contributed by atoms with Crippen LogP contribution in [0.5, 0.6) is 0 Å². The third-order valence-corrected chi connectivity index (χ3v) is 7.98. The smallest absolute Gasteiger partial charge is 0.383 e. The quantitative estimate of drug-likeness (QED) is 0.131. The molecule has 0 amide bonds. The van der Waals surface area contributed by atoms with Gasteiger partial charge in [0.05, 0.1) is 39.5 Å². The molecule has 2 aromatic heterocycles. The number of hydrogen-bond acceptors (Lipinski definition) is 8. The Labute approximate surface area is 249 Å². The van der Waals surface area contributed by atoms with Crippen LogP contribution >= 0.6 is 0 Å². The van der Waals surface area contributed by atoms with E-state index < -0.39 is 42.1 Å². The second-order valence-corrected chi connectivity index (χ2v) is 11.4. The first-order valence-electron chi connectivity index (χ1n) is 13.6. The van der Waals surface area contributed by atoms with Crippen molar-refractivity contribution in [3.63, 3.8) is 0 Å². The van der Waals surface area contributed by atoms with E-state index in [0.717, 1.165) is 19.9 Å². The van der Waals surface area contributed by atoms with Crippen molar-refractivity contribution in [3.05, 3.63) is 70.7 Å². The van der Waals surface area contributed by atoms with Crippen molar-refractivity contribution in [2.24, 2.45) is 5.41 Å². The van der Waals surface area contributed by atoms with Crippen molar-refractivity contribution in [3.8, 4) is 18.4 Å². The summed E-state index contributed by atoms with van der Waals surface area (Å²) in [7, 11) is 0. The summed E-state index contributed by atoms with van der Waals surface area (Å²) in [5.41, 5.74) is 4.41. The third-order valence-electron chi connectivity index (χ3n) is 7.98. The maximum Gasteiger partial charge on any atom is 0.395 e. The van der Waals surface area contributed by atoms with Crippen LogP contribution in [0, 0.1) is 42.0 Å². The Morgan fingerprint density at radius 3 is 2.50 bits per heavy atom. The van der Waals surface area contributed by atoms with Gasteiger partial charge in [0.15, 0.2) is 0 Å². The van der Waals surface area contributed by atoms with Crippen LogP contribution < -0.4 is 21.6 Å². The molecule has 0 bridgehead atoms. The van der Waals surface area contributed by atoms with Crippen LogP contribution in [0.1, 0.15) is 55.1 Å². The number of aryl methyl sites for hydroxylation is 1. The molecule has 0 unspecified atom stereocenters. The maximum absolute atomic E-state index is 13.9. The summed E-state index contributed by atoms with van der Waals surface area (Å²) in [6.07, 6.45) is 1.90. The van der Waals surface area contributed by atoms with Crippen LogP contribution in [0.2, 0.25) is 0 Å². The topological polar surface area (TPSA) is 101 Å². The molecule has 5 rings (SSSR count). The van der Waals surface area contributed by atoms with E-state index in [1.807, 2.05) is 0 Å². The zero-order valence-corrected chi connectivity index (χ0v) is 23.9. The van der Waals surface area contributed by atoms with Gasteiger partial charge in [-0.2, -0.15) is 22.8 Å². The summed E-state index contributed by atoms with van der Waals surface area (Å²) in [5, 5.41) is 17.7. The van der Waals surface area contributed by atoms with Crippen molar-refractivity contribution < 1.29 is 26.3 Å². The molecule has 2 aliphatic rings. The fourth-order valence-corrected chi connectivity index (χ4v) is 4.92. The van der Waals surface area contributed by atoms with E-state index in [2.05, 4.69) is 43.6 Å². The van der Waals surface area contributed by atoms with Gasteiger partial charge >= 0.3 is 6.18 Å². The molecule has 0 saturated heterocycles. The predicted octanol–water partition coefficient (Wildman–Crippen LogP) is 6.05. The number of nitrogens with zero attached hydrogens (tertiary/aromatic N) is 4. The number of benzene rings is 1. The molecule has 1 aliphatic carbocycles. The van der Waals surface area contributed by atoms with Gasteiger partial charge in [-0.3, -0.25) is 9.99 Å². The SMILES string of the molecule is C#Cc1cnc2c(C#N)cc(N[C@H](C3=CN(C4(C(F)F)CC4)NN3)c3ccc(F)nc3C)cc2c1NCC(C)(C)C(F)(F)F. The number of anilines is 2. The second kappa shape index (κ2) is 11.1. The predicted molar refractivity (Wildman–Crippen MR) is 152 cm³/mol. The van der Waals surface area contributed by atoms with Crippen LogP contribution in [-0.2, 0) is 0 Å². The number of pyridine rings is 2. The van der Waals surface area contributed by atoms with E-state index in [0.29, 0.717) is 22.6 Å². The van der Waals surface area contributed by atoms with Gasteiger partial charge in [0.25, 0.3) is 6.43 Å². The van der Waals surface area contributed by atoms with E-state index in [9.17, 15) is 31.6 Å². The number of hydrazine groups is 2. The Morgan fingerprint density at radius 1 is 1.18 bits per heavy atom. The van der Waals surface area contributed by atoms with Gasteiger partial charge in [0.2, 0.25) is 5.95 Å². The van der Waals surface area contributed by atoms with E-state index in [4.69, 9.17) is 6.42 Å². The van der Waals surface area contributed by atoms with Crippen molar-refractivity contribution in [2.75, 3.05) is 17.2 Å². The van der Waals surface area contributed by atoms with E-state index in [1.165, 1.54) is 29.5 Å². The number of aromatic nitrogens is 2. The van der Waals surface area contributed by atoms with Crippen molar-refractivity contribution in [2.45, 2.75) is 57.8 Å². The highest BCUT2D eigenvalue weighted by atomic mass is 19.4. The fourth-order valence-electron chi connectivity index (χ4n) is 4.92. The van der Waals surface area contributed by atoms with Crippen molar-refractivity contribution in [1.29, 1.82) is 5.26 Å². The Balaban J connectivity index is 1.60. The molecule has 8 nitrogen and oxygen atoms in total. The summed E-state index contributed by atoms with van der Waals surface area (Å²) in [6.45, 7) is 3.17.